The Kier molecular flexibility index (Phi) is 6.67. The lowest BCUT2D eigenvalue weighted by Gasteiger charge is -2.21. The molecule has 2 heterocycles. The third-order valence-electron chi connectivity index (χ3n) is 5.45. The van der Waals surface area contributed by atoms with Crippen LogP contribution >= 0.6 is 23.4 Å². The lowest BCUT2D eigenvalue weighted by molar-refractivity contribution is -0.119. The number of aryl methyl sites for hydroxylation is 2. The van der Waals surface area contributed by atoms with E-state index in [2.05, 4.69) is 21.0 Å². The second kappa shape index (κ2) is 9.52. The molecule has 3 amide bonds. The minimum absolute atomic E-state index is 0.0911. The van der Waals surface area contributed by atoms with Gasteiger partial charge in [0.1, 0.15) is 6.04 Å². The van der Waals surface area contributed by atoms with E-state index in [-0.39, 0.29) is 28.0 Å². The van der Waals surface area contributed by atoms with E-state index >= 15 is 0 Å². The van der Waals surface area contributed by atoms with E-state index < -0.39 is 6.04 Å². The number of carbonyl (C=O) groups is 3. The molecular weight excluding hydrogens is 474 g/mol. The van der Waals surface area contributed by atoms with Crippen LogP contribution in [0.5, 0.6) is 0 Å². The largest absolute Gasteiger partial charge is 0.324 e. The smallest absolute Gasteiger partial charge is 0.255 e. The lowest BCUT2D eigenvalue weighted by Crippen LogP contribution is -2.26. The van der Waals surface area contributed by atoms with Crippen LogP contribution in [-0.4, -0.2) is 32.8 Å². The zero-order chi connectivity index (χ0) is 24.6. The van der Waals surface area contributed by atoms with E-state index in [1.165, 1.54) is 11.8 Å². The summed E-state index contributed by atoms with van der Waals surface area (Å²) >= 11 is 7.83. The van der Waals surface area contributed by atoms with Crippen LogP contribution in [0.4, 0.5) is 17.1 Å². The fourth-order valence-corrected chi connectivity index (χ4v) is 4.79. The van der Waals surface area contributed by atoms with Gasteiger partial charge in [0.15, 0.2) is 0 Å². The summed E-state index contributed by atoms with van der Waals surface area (Å²) in [6, 6.07) is 11.4. The second-order valence-electron chi connectivity index (χ2n) is 8.15. The molecule has 0 saturated heterocycles. The van der Waals surface area contributed by atoms with E-state index in [4.69, 9.17) is 11.6 Å². The first-order valence-corrected chi connectivity index (χ1v) is 11.9. The SMILES string of the molecule is Cc1cc(C)n(C(C)C(=O)Nc2ccc(NC(=O)c3ccc4c(c3)NC(=O)C(C)S4)cc2Cl)n1. The van der Waals surface area contributed by atoms with Crippen LogP contribution < -0.4 is 16.0 Å². The molecule has 0 spiro atoms. The first kappa shape index (κ1) is 23.8. The summed E-state index contributed by atoms with van der Waals surface area (Å²) in [6.07, 6.45) is 0. The molecule has 4 rings (SSSR count). The lowest BCUT2D eigenvalue weighted by atomic mass is 10.1. The van der Waals surface area contributed by atoms with Crippen molar-refractivity contribution in [3.63, 3.8) is 0 Å². The Morgan fingerprint density at radius 3 is 2.59 bits per heavy atom. The molecule has 176 valence electrons. The molecule has 0 bridgehead atoms. The monoisotopic (exact) mass is 497 g/mol. The summed E-state index contributed by atoms with van der Waals surface area (Å²) in [5.74, 6) is -0.688. The number of amides is 3. The van der Waals surface area contributed by atoms with Gasteiger partial charge in [0.2, 0.25) is 11.8 Å². The molecule has 0 fully saturated rings. The van der Waals surface area contributed by atoms with Crippen molar-refractivity contribution in [2.24, 2.45) is 0 Å². The van der Waals surface area contributed by atoms with Gasteiger partial charge in [0.05, 0.1) is 27.3 Å². The molecule has 1 aromatic heterocycles. The van der Waals surface area contributed by atoms with Crippen LogP contribution in [0.15, 0.2) is 47.4 Å². The molecule has 34 heavy (non-hydrogen) atoms. The number of anilines is 3. The van der Waals surface area contributed by atoms with Gasteiger partial charge in [0.25, 0.3) is 5.91 Å². The molecule has 0 aliphatic carbocycles. The van der Waals surface area contributed by atoms with E-state index in [0.717, 1.165) is 16.3 Å². The number of hydrogen-bond donors (Lipinski definition) is 3. The zero-order valence-corrected chi connectivity index (χ0v) is 20.7. The molecule has 3 aromatic rings. The van der Waals surface area contributed by atoms with Crippen molar-refractivity contribution < 1.29 is 14.4 Å². The normalized spacial score (nSPS) is 15.8. The van der Waals surface area contributed by atoms with Gasteiger partial charge in [-0.15, -0.1) is 11.8 Å². The zero-order valence-electron chi connectivity index (χ0n) is 19.1. The number of halogens is 1. The minimum atomic E-state index is -0.519. The van der Waals surface area contributed by atoms with Crippen LogP contribution in [0, 0.1) is 13.8 Å². The van der Waals surface area contributed by atoms with Gasteiger partial charge in [-0.3, -0.25) is 19.1 Å². The second-order valence-corrected chi connectivity index (χ2v) is 9.94. The fourth-order valence-electron chi connectivity index (χ4n) is 3.63. The predicted molar refractivity (Wildman–Crippen MR) is 135 cm³/mol. The molecule has 2 aromatic carbocycles. The average molecular weight is 498 g/mol. The standard InChI is InChI=1S/C24H24ClN5O3S/c1-12-9-13(2)30(29-12)14(3)22(31)27-19-7-6-17(11-18(19)25)26-24(33)16-5-8-21-20(10-16)28-23(32)15(4)34-21/h5-11,14-15H,1-4H3,(H,26,33)(H,27,31)(H,28,32). The highest BCUT2D eigenvalue weighted by molar-refractivity contribution is 8.00. The van der Waals surface area contributed by atoms with E-state index in [0.29, 0.717) is 22.6 Å². The predicted octanol–water partition coefficient (Wildman–Crippen LogP) is 5.04. The first-order chi connectivity index (χ1) is 16.1. The molecule has 0 radical (unpaired) electrons. The molecule has 1 aliphatic rings. The van der Waals surface area contributed by atoms with Crippen molar-refractivity contribution in [1.29, 1.82) is 0 Å². The maximum Gasteiger partial charge on any atom is 0.255 e. The van der Waals surface area contributed by atoms with Gasteiger partial charge < -0.3 is 16.0 Å². The third-order valence-corrected chi connectivity index (χ3v) is 6.94. The number of rotatable bonds is 5. The highest BCUT2D eigenvalue weighted by Crippen LogP contribution is 2.36. The van der Waals surface area contributed by atoms with Gasteiger partial charge in [-0.05, 0) is 70.2 Å². The number of hydrogen-bond acceptors (Lipinski definition) is 5. The van der Waals surface area contributed by atoms with Crippen molar-refractivity contribution in [1.82, 2.24) is 9.78 Å². The van der Waals surface area contributed by atoms with E-state index in [1.54, 1.807) is 41.9 Å². The molecule has 2 unspecified atom stereocenters. The highest BCUT2D eigenvalue weighted by atomic mass is 35.5. The Labute approximate surface area is 206 Å². The number of fused-ring (bicyclic) bond motifs is 1. The Morgan fingerprint density at radius 1 is 1.15 bits per heavy atom. The Balaban J connectivity index is 1.44. The summed E-state index contributed by atoms with van der Waals surface area (Å²) in [5, 5.41) is 12.9. The summed E-state index contributed by atoms with van der Waals surface area (Å²) in [6.45, 7) is 7.36. The first-order valence-electron chi connectivity index (χ1n) is 10.7. The van der Waals surface area contributed by atoms with Crippen molar-refractivity contribution in [2.75, 3.05) is 16.0 Å². The van der Waals surface area contributed by atoms with Crippen molar-refractivity contribution in [2.45, 2.75) is 43.9 Å². The molecule has 8 nitrogen and oxygen atoms in total. The third kappa shape index (κ3) is 4.95. The maximum atomic E-state index is 12.7. The van der Waals surface area contributed by atoms with Gasteiger partial charge >= 0.3 is 0 Å². The van der Waals surface area contributed by atoms with E-state index in [1.807, 2.05) is 32.9 Å². The van der Waals surface area contributed by atoms with Gasteiger partial charge in [-0.2, -0.15) is 5.10 Å². The number of carbonyl (C=O) groups excluding carboxylic acids is 3. The fraction of sp³-hybridized carbons (Fsp3) is 0.250. The summed E-state index contributed by atoms with van der Waals surface area (Å²) < 4.78 is 1.66. The Hall–Kier alpha value is -3.30. The number of nitrogens with zero attached hydrogens (tertiary/aromatic N) is 2. The number of thioether (sulfide) groups is 1. The quantitative estimate of drug-likeness (QED) is 0.458. The Bertz CT molecular complexity index is 1310. The Morgan fingerprint density at radius 2 is 1.91 bits per heavy atom. The summed E-state index contributed by atoms with van der Waals surface area (Å²) in [4.78, 5) is 38.3. The summed E-state index contributed by atoms with van der Waals surface area (Å²) in [7, 11) is 0. The molecule has 2 atom stereocenters. The van der Waals surface area contributed by atoms with Crippen LogP contribution in [0.1, 0.15) is 41.6 Å². The highest BCUT2D eigenvalue weighted by Gasteiger charge is 2.24. The topological polar surface area (TPSA) is 105 Å². The molecule has 1 aliphatic heterocycles. The molecule has 10 heteroatoms. The number of benzene rings is 2. The van der Waals surface area contributed by atoms with Crippen molar-refractivity contribution in [3.8, 4) is 0 Å². The van der Waals surface area contributed by atoms with Gasteiger partial charge in [0, 0.05) is 21.8 Å². The van der Waals surface area contributed by atoms with Gasteiger partial charge in [-0.1, -0.05) is 11.6 Å². The van der Waals surface area contributed by atoms with Gasteiger partial charge in [-0.25, -0.2) is 0 Å². The van der Waals surface area contributed by atoms with E-state index in [9.17, 15) is 14.4 Å². The van der Waals surface area contributed by atoms with Crippen LogP contribution in [0.3, 0.4) is 0 Å². The maximum absolute atomic E-state index is 12.7. The molecular formula is C24H24ClN5O3S. The van der Waals surface area contributed by atoms with Crippen molar-refractivity contribution >= 4 is 58.1 Å². The molecule has 3 N–H and O–H groups in total. The van der Waals surface area contributed by atoms with Crippen LogP contribution in [0.2, 0.25) is 5.02 Å². The number of aromatic nitrogens is 2. The number of nitrogens with one attached hydrogen (secondary N) is 3. The van der Waals surface area contributed by atoms with Crippen molar-refractivity contribution in [3.05, 3.63) is 64.4 Å². The van der Waals surface area contributed by atoms with Crippen LogP contribution in [0.25, 0.3) is 0 Å². The molecule has 0 saturated carbocycles. The minimum Gasteiger partial charge on any atom is -0.324 e. The summed E-state index contributed by atoms with van der Waals surface area (Å²) in [5.41, 5.74) is 3.66. The average Bonchev–Trinajstić information content (AvgIpc) is 3.13. The van der Waals surface area contributed by atoms with Crippen LogP contribution in [-0.2, 0) is 9.59 Å².